The smallest absolute Gasteiger partial charge is 0.417 e. The lowest BCUT2D eigenvalue weighted by atomic mass is 9.93. The highest BCUT2D eigenvalue weighted by molar-refractivity contribution is 6.04. The molecule has 7 nitrogen and oxygen atoms in total. The Balaban J connectivity index is 1.67. The fraction of sp³-hybridized carbons (Fsp3) is 0.100. The normalized spacial score (nSPS) is 12.0. The number of rotatable bonds is 5. The number of carbonyl (C=O) groups is 1. The third-order valence-electron chi connectivity index (χ3n) is 6.78. The standard InChI is InChI=1S/C30H19F6N3O4/c1-12-7-15(8-13(2)24(12)33)23-20(30(34,35)36)5-4-17-25(23)37-28(41)26(17)39-38-22-11-16(31)10-18(27(22)40)14-3-6-21(32)19(9-14)29(42)43/h3-11,37,40-41H,1-2H3,(H,42,43). The summed E-state index contributed by atoms with van der Waals surface area (Å²) in [5, 5.41) is 38.2. The van der Waals surface area contributed by atoms with E-state index in [0.29, 0.717) is 0 Å². The van der Waals surface area contributed by atoms with Crippen LogP contribution in [0, 0.1) is 31.3 Å². The third-order valence-corrected chi connectivity index (χ3v) is 6.78. The van der Waals surface area contributed by atoms with E-state index in [1.165, 1.54) is 26.0 Å². The Kier molecular flexibility index (Phi) is 7.12. The molecule has 0 spiro atoms. The van der Waals surface area contributed by atoms with Crippen molar-refractivity contribution in [2.75, 3.05) is 0 Å². The molecule has 0 radical (unpaired) electrons. The van der Waals surface area contributed by atoms with E-state index in [0.717, 1.165) is 42.5 Å². The number of nitrogens with zero attached hydrogens (tertiary/aromatic N) is 2. The van der Waals surface area contributed by atoms with Crippen molar-refractivity contribution in [3.05, 3.63) is 94.3 Å². The average molecular weight is 599 g/mol. The van der Waals surface area contributed by atoms with Crippen LogP contribution < -0.4 is 0 Å². The SMILES string of the molecule is Cc1cc(-c2c(C(F)(F)F)ccc3c(N=Nc4cc(F)cc(-c5ccc(F)c(C(=O)O)c5)c4O)c(O)[nH]c23)cc(C)c1F. The van der Waals surface area contributed by atoms with Gasteiger partial charge in [-0.1, -0.05) is 6.07 Å². The second kappa shape index (κ2) is 10.5. The maximum Gasteiger partial charge on any atom is 0.417 e. The first kappa shape index (κ1) is 29.2. The number of fused-ring (bicyclic) bond motifs is 1. The number of hydrogen-bond donors (Lipinski definition) is 4. The van der Waals surface area contributed by atoms with Gasteiger partial charge in [-0.2, -0.15) is 13.2 Å². The zero-order valence-electron chi connectivity index (χ0n) is 22.1. The molecule has 0 aliphatic heterocycles. The quantitative estimate of drug-likeness (QED) is 0.119. The van der Waals surface area contributed by atoms with Crippen LogP contribution in [0.4, 0.5) is 37.7 Å². The highest BCUT2D eigenvalue weighted by Crippen LogP contribution is 2.47. The number of nitrogens with one attached hydrogen (secondary N) is 1. The molecule has 0 amide bonds. The summed E-state index contributed by atoms with van der Waals surface area (Å²) in [4.78, 5) is 13.8. The minimum absolute atomic E-state index is 0.0199. The van der Waals surface area contributed by atoms with Crippen LogP contribution in [0.1, 0.15) is 27.0 Å². The minimum atomic E-state index is -4.83. The Morgan fingerprint density at radius 1 is 0.860 bits per heavy atom. The van der Waals surface area contributed by atoms with E-state index in [4.69, 9.17) is 0 Å². The molecular weight excluding hydrogens is 580 g/mol. The van der Waals surface area contributed by atoms with Crippen LogP contribution in [0.15, 0.2) is 64.8 Å². The third kappa shape index (κ3) is 5.25. The van der Waals surface area contributed by atoms with E-state index in [1.807, 2.05) is 0 Å². The van der Waals surface area contributed by atoms with Gasteiger partial charge < -0.3 is 20.3 Å². The zero-order valence-corrected chi connectivity index (χ0v) is 22.1. The largest absolute Gasteiger partial charge is 0.505 e. The molecule has 4 N–H and O–H groups in total. The molecule has 0 aliphatic carbocycles. The first-order valence-electron chi connectivity index (χ1n) is 12.4. The molecule has 1 aromatic heterocycles. The molecule has 0 unspecified atom stereocenters. The van der Waals surface area contributed by atoms with Crippen molar-refractivity contribution >= 4 is 28.2 Å². The van der Waals surface area contributed by atoms with Crippen LogP contribution >= 0.6 is 0 Å². The monoisotopic (exact) mass is 599 g/mol. The van der Waals surface area contributed by atoms with Crippen molar-refractivity contribution in [3.63, 3.8) is 0 Å². The number of aromatic carboxylic acids is 1. The topological polar surface area (TPSA) is 118 Å². The maximum absolute atomic E-state index is 14.5. The van der Waals surface area contributed by atoms with Gasteiger partial charge in [0.25, 0.3) is 0 Å². The summed E-state index contributed by atoms with van der Waals surface area (Å²) >= 11 is 0. The molecule has 4 aromatic carbocycles. The van der Waals surface area contributed by atoms with Gasteiger partial charge >= 0.3 is 12.1 Å². The number of carboxylic acid groups (broad SMARTS) is 1. The number of carboxylic acids is 1. The molecule has 5 rings (SSSR count). The summed E-state index contributed by atoms with van der Waals surface area (Å²) in [7, 11) is 0. The molecule has 43 heavy (non-hydrogen) atoms. The molecule has 0 aliphatic rings. The van der Waals surface area contributed by atoms with Crippen LogP contribution in [-0.2, 0) is 6.18 Å². The van der Waals surface area contributed by atoms with Gasteiger partial charge in [-0.3, -0.25) is 0 Å². The van der Waals surface area contributed by atoms with Crippen LogP contribution in [-0.4, -0.2) is 26.3 Å². The fourth-order valence-corrected chi connectivity index (χ4v) is 4.80. The van der Waals surface area contributed by atoms with Gasteiger partial charge in [-0.15, -0.1) is 10.2 Å². The van der Waals surface area contributed by atoms with Crippen LogP contribution in [0.2, 0.25) is 0 Å². The van der Waals surface area contributed by atoms with Crippen LogP contribution in [0.25, 0.3) is 33.2 Å². The summed E-state index contributed by atoms with van der Waals surface area (Å²) < 4.78 is 84.9. The first-order chi connectivity index (χ1) is 20.2. The Hall–Kier alpha value is -5.33. The number of benzene rings is 4. The second-order valence-corrected chi connectivity index (χ2v) is 9.68. The fourth-order valence-electron chi connectivity index (χ4n) is 4.80. The highest BCUT2D eigenvalue weighted by Gasteiger charge is 2.36. The van der Waals surface area contributed by atoms with Crippen LogP contribution in [0.5, 0.6) is 11.6 Å². The Labute approximate surface area is 238 Å². The maximum atomic E-state index is 14.5. The van der Waals surface area contributed by atoms with Gasteiger partial charge in [0.05, 0.1) is 16.6 Å². The summed E-state index contributed by atoms with van der Waals surface area (Å²) in [5.74, 6) is -5.54. The predicted octanol–water partition coefficient (Wildman–Crippen LogP) is 9.08. The van der Waals surface area contributed by atoms with Crippen molar-refractivity contribution < 1.29 is 46.5 Å². The van der Waals surface area contributed by atoms with E-state index >= 15 is 0 Å². The number of aromatic hydroxyl groups is 2. The zero-order chi connectivity index (χ0) is 31.4. The van der Waals surface area contributed by atoms with Crippen molar-refractivity contribution in [2.45, 2.75) is 20.0 Å². The lowest BCUT2D eigenvalue weighted by Gasteiger charge is -2.16. The number of halogens is 6. The number of H-pyrrole nitrogens is 1. The number of alkyl halides is 3. The lowest BCUT2D eigenvalue weighted by Crippen LogP contribution is -2.08. The number of phenolic OH excluding ortho intramolecular Hbond substituents is 1. The molecule has 1 heterocycles. The lowest BCUT2D eigenvalue weighted by molar-refractivity contribution is -0.137. The Morgan fingerprint density at radius 3 is 2.16 bits per heavy atom. The van der Waals surface area contributed by atoms with Crippen molar-refractivity contribution in [3.8, 4) is 33.9 Å². The molecule has 13 heteroatoms. The Bertz CT molecular complexity index is 1960. The predicted molar refractivity (Wildman–Crippen MR) is 144 cm³/mol. The molecule has 0 saturated heterocycles. The summed E-state index contributed by atoms with van der Waals surface area (Å²) in [6, 6.07) is 8.74. The number of hydrogen-bond acceptors (Lipinski definition) is 5. The number of azo groups is 1. The van der Waals surface area contributed by atoms with Gasteiger partial charge in [-0.25, -0.2) is 18.0 Å². The number of phenols is 1. The molecule has 0 saturated carbocycles. The second-order valence-electron chi connectivity index (χ2n) is 9.68. The summed E-state index contributed by atoms with van der Waals surface area (Å²) in [6.07, 6.45) is -4.83. The van der Waals surface area contributed by atoms with E-state index < -0.39 is 58.0 Å². The number of aromatic nitrogens is 1. The van der Waals surface area contributed by atoms with Crippen LogP contribution in [0.3, 0.4) is 0 Å². The highest BCUT2D eigenvalue weighted by atomic mass is 19.4. The number of aryl methyl sites for hydroxylation is 2. The Morgan fingerprint density at radius 2 is 1.53 bits per heavy atom. The van der Waals surface area contributed by atoms with Crippen molar-refractivity contribution in [1.29, 1.82) is 0 Å². The number of aromatic amines is 1. The first-order valence-corrected chi connectivity index (χ1v) is 12.4. The molecule has 0 fully saturated rings. The van der Waals surface area contributed by atoms with Gasteiger partial charge in [0, 0.05) is 22.6 Å². The average Bonchev–Trinajstić information content (AvgIpc) is 3.25. The summed E-state index contributed by atoms with van der Waals surface area (Å²) in [6.45, 7) is 2.80. The van der Waals surface area contributed by atoms with Crippen molar-refractivity contribution in [2.24, 2.45) is 10.2 Å². The molecular formula is C30H19F6N3O4. The molecule has 220 valence electrons. The van der Waals surface area contributed by atoms with Gasteiger partial charge in [0.2, 0.25) is 5.88 Å². The van der Waals surface area contributed by atoms with E-state index in [1.54, 1.807) is 0 Å². The van der Waals surface area contributed by atoms with Crippen molar-refractivity contribution in [1.82, 2.24) is 4.98 Å². The van der Waals surface area contributed by atoms with Gasteiger partial charge in [0.15, 0.2) is 11.4 Å². The summed E-state index contributed by atoms with van der Waals surface area (Å²) in [5.41, 5.74) is -3.28. The van der Waals surface area contributed by atoms with Gasteiger partial charge in [0.1, 0.15) is 23.1 Å². The minimum Gasteiger partial charge on any atom is -0.505 e. The van der Waals surface area contributed by atoms with Gasteiger partial charge in [-0.05, 0) is 78.6 Å². The molecule has 5 aromatic rings. The molecule has 0 bridgehead atoms. The molecule has 0 atom stereocenters. The van der Waals surface area contributed by atoms with E-state index in [2.05, 4.69) is 15.2 Å². The van der Waals surface area contributed by atoms with E-state index in [9.17, 15) is 46.5 Å². The van der Waals surface area contributed by atoms with E-state index in [-0.39, 0.29) is 50.0 Å².